The molecule has 0 spiro atoms. The average molecular weight is 322 g/mol. The highest BCUT2D eigenvalue weighted by Crippen LogP contribution is 2.26. The van der Waals surface area contributed by atoms with E-state index in [0.29, 0.717) is 5.89 Å². The van der Waals surface area contributed by atoms with E-state index in [1.54, 1.807) is 6.26 Å². The molecule has 0 saturated carbocycles. The molecule has 0 radical (unpaired) electrons. The van der Waals surface area contributed by atoms with E-state index in [1.807, 2.05) is 32.0 Å². The van der Waals surface area contributed by atoms with Crippen molar-refractivity contribution in [3.8, 4) is 11.5 Å². The number of carbonyl (C=O) groups excluding carboxylic acids is 1. The van der Waals surface area contributed by atoms with Crippen molar-refractivity contribution in [1.82, 2.24) is 10.3 Å². The smallest absolute Gasteiger partial charge is 0.228 e. The largest absolute Gasteiger partial charge is 0.444 e. The van der Waals surface area contributed by atoms with Crippen LogP contribution in [-0.2, 0) is 4.79 Å². The molecule has 1 aromatic carbocycles. The van der Waals surface area contributed by atoms with Gasteiger partial charge >= 0.3 is 0 Å². The van der Waals surface area contributed by atoms with E-state index in [9.17, 15) is 4.79 Å². The molecule has 6 heteroatoms. The monoisotopic (exact) mass is 321 g/mol. The van der Waals surface area contributed by atoms with Gasteiger partial charge in [0.25, 0.3) is 0 Å². The van der Waals surface area contributed by atoms with Crippen molar-refractivity contribution in [2.45, 2.75) is 20.3 Å². The van der Waals surface area contributed by atoms with Gasteiger partial charge in [0.05, 0.1) is 11.6 Å². The number of aryl methyl sites for hydroxylation is 2. The summed E-state index contributed by atoms with van der Waals surface area (Å²) in [4.78, 5) is 16.5. The molecule has 1 saturated heterocycles. The zero-order chi connectivity index (χ0) is 14.8. The summed E-state index contributed by atoms with van der Waals surface area (Å²) in [5.74, 6) is 0.709. The van der Waals surface area contributed by atoms with Crippen LogP contribution in [0.2, 0.25) is 0 Å². The first-order valence-electron chi connectivity index (χ1n) is 7.18. The van der Waals surface area contributed by atoms with E-state index in [-0.39, 0.29) is 24.2 Å². The molecular weight excluding hydrogens is 302 g/mol. The standard InChI is InChI=1S/C16H19N3O2.ClH/c1-10-3-4-13(19-15(20)12-5-6-17-8-12)7-14(10)16-18-11(2)9-21-16;/h3-4,7,9,12,17H,5-6,8H2,1-2H3,(H,19,20);1H. The van der Waals surface area contributed by atoms with Crippen LogP contribution in [0, 0.1) is 19.8 Å². The topological polar surface area (TPSA) is 67.2 Å². The zero-order valence-corrected chi connectivity index (χ0v) is 13.5. The molecular formula is C16H20ClN3O2. The van der Waals surface area contributed by atoms with Crippen molar-refractivity contribution < 1.29 is 9.21 Å². The maximum Gasteiger partial charge on any atom is 0.228 e. The summed E-state index contributed by atoms with van der Waals surface area (Å²) in [6.45, 7) is 5.55. The van der Waals surface area contributed by atoms with Crippen molar-refractivity contribution in [2.24, 2.45) is 5.92 Å². The molecule has 22 heavy (non-hydrogen) atoms. The molecule has 1 amide bonds. The molecule has 5 nitrogen and oxygen atoms in total. The number of oxazole rings is 1. The van der Waals surface area contributed by atoms with Crippen molar-refractivity contribution in [2.75, 3.05) is 18.4 Å². The minimum absolute atomic E-state index is 0. The second-order valence-electron chi connectivity index (χ2n) is 5.50. The Labute approximate surface area is 135 Å². The minimum atomic E-state index is 0. The third kappa shape index (κ3) is 3.48. The zero-order valence-electron chi connectivity index (χ0n) is 12.7. The number of rotatable bonds is 3. The fourth-order valence-electron chi connectivity index (χ4n) is 2.53. The van der Waals surface area contributed by atoms with Gasteiger partial charge in [0.1, 0.15) is 6.26 Å². The van der Waals surface area contributed by atoms with Gasteiger partial charge in [-0.15, -0.1) is 12.4 Å². The lowest BCUT2D eigenvalue weighted by molar-refractivity contribution is -0.119. The summed E-state index contributed by atoms with van der Waals surface area (Å²) in [6, 6.07) is 5.80. The second-order valence-corrected chi connectivity index (χ2v) is 5.50. The Morgan fingerprint density at radius 1 is 1.41 bits per heavy atom. The van der Waals surface area contributed by atoms with Crippen LogP contribution < -0.4 is 10.6 Å². The Kier molecular flexibility index (Phi) is 5.21. The highest BCUT2D eigenvalue weighted by Gasteiger charge is 2.22. The fraction of sp³-hybridized carbons (Fsp3) is 0.375. The van der Waals surface area contributed by atoms with E-state index in [0.717, 1.165) is 42.0 Å². The van der Waals surface area contributed by atoms with Gasteiger partial charge in [-0.2, -0.15) is 0 Å². The summed E-state index contributed by atoms with van der Waals surface area (Å²) in [5, 5.41) is 6.18. The first kappa shape index (κ1) is 16.5. The molecule has 3 rings (SSSR count). The normalized spacial score (nSPS) is 17.1. The number of nitrogens with one attached hydrogen (secondary N) is 2. The average Bonchev–Trinajstić information content (AvgIpc) is 3.12. The Morgan fingerprint density at radius 3 is 2.86 bits per heavy atom. The number of anilines is 1. The molecule has 1 fully saturated rings. The van der Waals surface area contributed by atoms with Gasteiger partial charge in [-0.3, -0.25) is 4.79 Å². The summed E-state index contributed by atoms with van der Waals surface area (Å²) >= 11 is 0. The van der Waals surface area contributed by atoms with Crippen LogP contribution in [0.1, 0.15) is 17.7 Å². The SMILES string of the molecule is Cc1coc(-c2cc(NC(=O)C3CCNC3)ccc2C)n1.Cl. The molecule has 1 aliphatic rings. The van der Waals surface area contributed by atoms with Crippen LogP contribution in [0.15, 0.2) is 28.9 Å². The van der Waals surface area contributed by atoms with Crippen LogP contribution in [0.3, 0.4) is 0 Å². The van der Waals surface area contributed by atoms with E-state index < -0.39 is 0 Å². The summed E-state index contributed by atoms with van der Waals surface area (Å²) < 4.78 is 5.46. The molecule has 118 valence electrons. The van der Waals surface area contributed by atoms with Crippen molar-refractivity contribution >= 4 is 24.0 Å². The van der Waals surface area contributed by atoms with Gasteiger partial charge in [0, 0.05) is 17.8 Å². The molecule has 0 bridgehead atoms. The molecule has 1 aliphatic heterocycles. The van der Waals surface area contributed by atoms with E-state index >= 15 is 0 Å². The van der Waals surface area contributed by atoms with E-state index in [1.165, 1.54) is 0 Å². The van der Waals surface area contributed by atoms with E-state index in [2.05, 4.69) is 15.6 Å². The molecule has 2 aromatic rings. The maximum absolute atomic E-state index is 12.2. The number of carbonyl (C=O) groups is 1. The Hall–Kier alpha value is -1.85. The predicted molar refractivity (Wildman–Crippen MR) is 88.3 cm³/mol. The molecule has 1 unspecified atom stereocenters. The number of halogens is 1. The fourth-order valence-corrected chi connectivity index (χ4v) is 2.53. The van der Waals surface area contributed by atoms with Gasteiger partial charge in [-0.1, -0.05) is 6.07 Å². The third-order valence-corrected chi connectivity index (χ3v) is 3.79. The third-order valence-electron chi connectivity index (χ3n) is 3.79. The van der Waals surface area contributed by atoms with Crippen LogP contribution in [-0.4, -0.2) is 24.0 Å². The van der Waals surface area contributed by atoms with Gasteiger partial charge in [-0.05, 0) is 44.5 Å². The molecule has 0 aliphatic carbocycles. The maximum atomic E-state index is 12.2. The molecule has 1 aromatic heterocycles. The Balaban J connectivity index is 0.00000176. The number of nitrogens with zero attached hydrogens (tertiary/aromatic N) is 1. The molecule has 2 heterocycles. The minimum Gasteiger partial charge on any atom is -0.444 e. The summed E-state index contributed by atoms with van der Waals surface area (Å²) in [7, 11) is 0. The van der Waals surface area contributed by atoms with Crippen molar-refractivity contribution in [3.63, 3.8) is 0 Å². The summed E-state index contributed by atoms with van der Waals surface area (Å²) in [6.07, 6.45) is 2.52. The predicted octanol–water partition coefficient (Wildman–Crippen LogP) is 2.93. The molecule has 1 atom stereocenters. The Bertz CT molecular complexity index is 663. The van der Waals surface area contributed by atoms with Crippen molar-refractivity contribution in [3.05, 3.63) is 35.7 Å². The van der Waals surface area contributed by atoms with Gasteiger partial charge in [-0.25, -0.2) is 4.98 Å². The highest BCUT2D eigenvalue weighted by atomic mass is 35.5. The lowest BCUT2D eigenvalue weighted by Gasteiger charge is -2.11. The number of amides is 1. The number of hydrogen-bond acceptors (Lipinski definition) is 4. The second kappa shape index (κ2) is 6.94. The Morgan fingerprint density at radius 2 is 2.23 bits per heavy atom. The van der Waals surface area contributed by atoms with Gasteiger partial charge in [0.2, 0.25) is 11.8 Å². The van der Waals surface area contributed by atoms with Gasteiger partial charge in [0.15, 0.2) is 0 Å². The number of aromatic nitrogens is 1. The van der Waals surface area contributed by atoms with Crippen molar-refractivity contribution in [1.29, 1.82) is 0 Å². The highest BCUT2D eigenvalue weighted by molar-refractivity contribution is 5.93. The lowest BCUT2D eigenvalue weighted by atomic mass is 10.1. The van der Waals surface area contributed by atoms with Crippen LogP contribution >= 0.6 is 12.4 Å². The number of benzene rings is 1. The van der Waals surface area contributed by atoms with E-state index in [4.69, 9.17) is 4.42 Å². The van der Waals surface area contributed by atoms with Crippen LogP contribution in [0.25, 0.3) is 11.5 Å². The quantitative estimate of drug-likeness (QED) is 0.912. The first-order chi connectivity index (χ1) is 10.1. The molecule has 2 N–H and O–H groups in total. The summed E-state index contributed by atoms with van der Waals surface area (Å²) in [5.41, 5.74) is 3.60. The van der Waals surface area contributed by atoms with Crippen LogP contribution in [0.5, 0.6) is 0 Å². The number of hydrogen-bond donors (Lipinski definition) is 2. The first-order valence-corrected chi connectivity index (χ1v) is 7.18. The van der Waals surface area contributed by atoms with Crippen LogP contribution in [0.4, 0.5) is 5.69 Å². The van der Waals surface area contributed by atoms with Gasteiger partial charge < -0.3 is 15.1 Å². The lowest BCUT2D eigenvalue weighted by Crippen LogP contribution is -2.24.